The van der Waals surface area contributed by atoms with E-state index < -0.39 is 6.04 Å². The van der Waals surface area contributed by atoms with Crippen LogP contribution in [0.3, 0.4) is 0 Å². The fraction of sp³-hybridized carbons (Fsp3) is 0.455. The molecule has 244 valence electrons. The number of nitrogen functional groups attached to an aromatic ring is 1. The van der Waals surface area contributed by atoms with Gasteiger partial charge in [-0.15, -0.1) is 11.3 Å². The van der Waals surface area contributed by atoms with Gasteiger partial charge in [-0.05, 0) is 66.0 Å². The highest BCUT2D eigenvalue weighted by Crippen LogP contribution is 2.28. The van der Waals surface area contributed by atoms with Gasteiger partial charge in [0.05, 0.1) is 16.4 Å². The normalized spacial score (nSPS) is 18.1. The molecule has 0 saturated carbocycles. The highest BCUT2D eigenvalue weighted by Gasteiger charge is 2.34. The number of nitrogens with one attached hydrogen (secondary N) is 2. The SMILES string of the molecule is CCc1cc(C[C@@H](NC(=O)N2CCC(N3CCc4cscc4NC3=O)CC2)C(=O)N2CCN(c3ccncc3)CC2)cc(Cl)c1N. The molecule has 2 fully saturated rings. The van der Waals surface area contributed by atoms with E-state index in [1.807, 2.05) is 40.3 Å². The lowest BCUT2D eigenvalue weighted by Gasteiger charge is -2.39. The van der Waals surface area contributed by atoms with Crippen molar-refractivity contribution in [1.29, 1.82) is 0 Å². The molecule has 0 radical (unpaired) electrons. The molecule has 3 aliphatic heterocycles. The first kappa shape index (κ1) is 31.9. The van der Waals surface area contributed by atoms with E-state index in [4.69, 9.17) is 17.3 Å². The van der Waals surface area contributed by atoms with Crippen molar-refractivity contribution in [2.24, 2.45) is 0 Å². The lowest BCUT2D eigenvalue weighted by Crippen LogP contribution is -2.58. The molecule has 11 nitrogen and oxygen atoms in total. The smallest absolute Gasteiger partial charge is 0.322 e. The number of nitrogens with zero attached hydrogens (tertiary/aromatic N) is 5. The summed E-state index contributed by atoms with van der Waals surface area (Å²) in [6.07, 6.45) is 6.72. The van der Waals surface area contributed by atoms with Gasteiger partial charge in [-0.1, -0.05) is 24.6 Å². The maximum atomic E-state index is 14.0. The van der Waals surface area contributed by atoms with Crippen molar-refractivity contribution in [3.8, 4) is 0 Å². The molecule has 0 bridgehead atoms. The van der Waals surface area contributed by atoms with Gasteiger partial charge >= 0.3 is 12.1 Å². The summed E-state index contributed by atoms with van der Waals surface area (Å²) in [7, 11) is 0. The number of aromatic nitrogens is 1. The molecule has 5 amide bonds. The summed E-state index contributed by atoms with van der Waals surface area (Å²) in [4.78, 5) is 52.5. The number of amides is 5. The second kappa shape index (κ2) is 14.2. The Morgan fingerprint density at radius 1 is 1.07 bits per heavy atom. The maximum absolute atomic E-state index is 14.0. The average molecular weight is 665 g/mol. The van der Waals surface area contributed by atoms with Crippen LogP contribution in [0.25, 0.3) is 0 Å². The van der Waals surface area contributed by atoms with Crippen LogP contribution in [0, 0.1) is 0 Å². The summed E-state index contributed by atoms with van der Waals surface area (Å²) in [5, 5.41) is 10.6. The molecular formula is C33H41ClN8O3S. The number of pyridine rings is 1. The van der Waals surface area contributed by atoms with E-state index in [-0.39, 0.29) is 24.0 Å². The Balaban J connectivity index is 1.11. The van der Waals surface area contributed by atoms with Crippen molar-refractivity contribution in [2.75, 3.05) is 61.8 Å². The van der Waals surface area contributed by atoms with Gasteiger partial charge in [0, 0.05) is 81.7 Å². The van der Waals surface area contributed by atoms with Crippen LogP contribution in [0.1, 0.15) is 36.5 Å². The Bertz CT molecular complexity index is 1550. The number of carbonyl (C=O) groups excluding carboxylic acids is 3. The molecule has 1 atom stereocenters. The largest absolute Gasteiger partial charge is 0.397 e. The van der Waals surface area contributed by atoms with Gasteiger partial charge in [0.25, 0.3) is 0 Å². The molecule has 4 N–H and O–H groups in total. The number of thiophene rings is 1. The maximum Gasteiger partial charge on any atom is 0.322 e. The monoisotopic (exact) mass is 664 g/mol. The summed E-state index contributed by atoms with van der Waals surface area (Å²) in [6.45, 7) is 6.14. The number of piperidine rings is 1. The van der Waals surface area contributed by atoms with E-state index in [0.29, 0.717) is 82.2 Å². The fourth-order valence-electron chi connectivity index (χ4n) is 6.67. The summed E-state index contributed by atoms with van der Waals surface area (Å²) in [5.74, 6) is -0.114. The zero-order valence-electron chi connectivity index (χ0n) is 26.1. The molecule has 2 saturated heterocycles. The minimum absolute atomic E-state index is 0.0511. The van der Waals surface area contributed by atoms with E-state index in [9.17, 15) is 14.4 Å². The molecular weight excluding hydrogens is 624 g/mol. The van der Waals surface area contributed by atoms with E-state index in [1.165, 1.54) is 5.56 Å². The number of hydrogen-bond donors (Lipinski definition) is 3. The van der Waals surface area contributed by atoms with Crippen molar-refractivity contribution in [3.63, 3.8) is 0 Å². The number of carbonyl (C=O) groups is 3. The third-order valence-corrected chi connectivity index (χ3v) is 10.5. The Labute approximate surface area is 278 Å². The Hall–Kier alpha value is -4.03. The zero-order valence-corrected chi connectivity index (χ0v) is 27.7. The lowest BCUT2D eigenvalue weighted by molar-refractivity contribution is -0.133. The first-order valence-corrected chi connectivity index (χ1v) is 17.3. The number of nitrogens with two attached hydrogens (primary N) is 1. The number of anilines is 3. The second-order valence-corrected chi connectivity index (χ2v) is 13.3. The highest BCUT2D eigenvalue weighted by molar-refractivity contribution is 7.08. The van der Waals surface area contributed by atoms with Crippen molar-refractivity contribution in [2.45, 2.75) is 51.1 Å². The molecule has 46 heavy (non-hydrogen) atoms. The molecule has 2 aromatic heterocycles. The predicted molar refractivity (Wildman–Crippen MR) is 183 cm³/mol. The first-order valence-electron chi connectivity index (χ1n) is 16.0. The van der Waals surface area contributed by atoms with Crippen molar-refractivity contribution in [3.05, 3.63) is 69.1 Å². The van der Waals surface area contributed by atoms with Gasteiger partial charge in [0.2, 0.25) is 5.91 Å². The zero-order chi connectivity index (χ0) is 32.2. The molecule has 1 aromatic carbocycles. The van der Waals surface area contributed by atoms with Crippen LogP contribution >= 0.6 is 22.9 Å². The molecule has 5 heterocycles. The van der Waals surface area contributed by atoms with E-state index in [2.05, 4.69) is 25.9 Å². The van der Waals surface area contributed by atoms with E-state index >= 15 is 0 Å². The number of halogens is 1. The number of benzene rings is 1. The number of aryl methyl sites for hydroxylation is 1. The molecule has 0 spiro atoms. The predicted octanol–water partition coefficient (Wildman–Crippen LogP) is 4.47. The molecule has 3 aromatic rings. The Morgan fingerprint density at radius 3 is 2.52 bits per heavy atom. The van der Waals surface area contributed by atoms with Gasteiger partial charge in [-0.25, -0.2) is 9.59 Å². The van der Waals surface area contributed by atoms with Crippen LogP contribution in [0.15, 0.2) is 47.4 Å². The van der Waals surface area contributed by atoms with Crippen LogP contribution < -0.4 is 21.3 Å². The van der Waals surface area contributed by atoms with Crippen LogP contribution in [-0.2, 0) is 24.1 Å². The van der Waals surface area contributed by atoms with Crippen molar-refractivity contribution in [1.82, 2.24) is 25.0 Å². The van der Waals surface area contributed by atoms with Crippen LogP contribution in [-0.4, -0.2) is 95.6 Å². The van der Waals surface area contributed by atoms with Gasteiger partial charge in [-0.2, -0.15) is 0 Å². The quantitative estimate of drug-likeness (QED) is 0.320. The minimum Gasteiger partial charge on any atom is -0.397 e. The summed E-state index contributed by atoms with van der Waals surface area (Å²) < 4.78 is 0. The Kier molecular flexibility index (Phi) is 9.83. The average Bonchev–Trinajstić information content (AvgIpc) is 3.46. The standard InChI is InChI=1S/C33H41ClN8O3S/c1-2-23-17-22(18-27(34)30(23)35)19-28(31(43)40-15-13-39(14-16-40)25-3-8-36-9-4-25)37-32(44)41-10-6-26(7-11-41)42-12-5-24-20-46-21-29(24)38-33(42)45/h3-4,8-9,17-18,20-21,26,28H,2,5-7,10-16,19,35H2,1H3,(H,37,44)(H,38,45)/t28-/m1/s1. The number of piperazine rings is 1. The van der Waals surface area contributed by atoms with Crippen molar-refractivity contribution < 1.29 is 14.4 Å². The lowest BCUT2D eigenvalue weighted by atomic mass is 9.99. The van der Waals surface area contributed by atoms with Gasteiger partial charge in [-0.3, -0.25) is 9.78 Å². The number of likely N-dealkylation sites (tertiary alicyclic amines) is 1. The van der Waals surface area contributed by atoms with Crippen LogP contribution in [0.2, 0.25) is 5.02 Å². The summed E-state index contributed by atoms with van der Waals surface area (Å²) >= 11 is 8.07. The molecule has 13 heteroatoms. The third-order valence-electron chi connectivity index (χ3n) is 9.37. The van der Waals surface area contributed by atoms with Gasteiger partial charge in [0.1, 0.15) is 6.04 Å². The van der Waals surface area contributed by atoms with E-state index in [1.54, 1.807) is 34.7 Å². The number of hydrogen-bond acceptors (Lipinski definition) is 7. The molecule has 6 rings (SSSR count). The van der Waals surface area contributed by atoms with Crippen molar-refractivity contribution >= 4 is 58.0 Å². The molecule has 0 aliphatic carbocycles. The highest BCUT2D eigenvalue weighted by atomic mass is 35.5. The summed E-state index contributed by atoms with van der Waals surface area (Å²) in [5.41, 5.74) is 11.6. The van der Waals surface area contributed by atoms with Gasteiger partial charge < -0.3 is 36.0 Å². The Morgan fingerprint density at radius 2 is 1.80 bits per heavy atom. The number of fused-ring (bicyclic) bond motifs is 1. The molecule has 3 aliphatic rings. The number of rotatable bonds is 7. The molecule has 0 unspecified atom stereocenters. The van der Waals surface area contributed by atoms with Crippen LogP contribution in [0.4, 0.5) is 26.7 Å². The topological polar surface area (TPSA) is 127 Å². The first-order chi connectivity index (χ1) is 22.3. The minimum atomic E-state index is -0.766. The number of urea groups is 2. The van der Waals surface area contributed by atoms with Crippen LogP contribution in [0.5, 0.6) is 0 Å². The fourth-order valence-corrected chi connectivity index (χ4v) is 7.75. The van der Waals surface area contributed by atoms with Gasteiger partial charge in [0.15, 0.2) is 0 Å². The van der Waals surface area contributed by atoms with E-state index in [0.717, 1.165) is 28.9 Å². The summed E-state index contributed by atoms with van der Waals surface area (Å²) in [6, 6.07) is 6.64. The third kappa shape index (κ3) is 7.02. The second-order valence-electron chi connectivity index (χ2n) is 12.1.